The average molecular weight is 348 g/mol. The minimum atomic E-state index is -0.694. The van der Waals surface area contributed by atoms with Crippen molar-refractivity contribution in [2.45, 2.75) is 6.61 Å². The molecular formula is C15H14BrN3O2. The zero-order valence-corrected chi connectivity index (χ0v) is 12.7. The number of nitrogens with two attached hydrogens (primary N) is 1. The van der Waals surface area contributed by atoms with Gasteiger partial charge in [-0.1, -0.05) is 28.1 Å². The number of nitrogens with one attached hydrogen (secondary N) is 1. The number of amides is 2. The molecule has 0 atom stereocenters. The molecule has 0 aliphatic carbocycles. The van der Waals surface area contributed by atoms with E-state index in [2.05, 4.69) is 26.5 Å². The van der Waals surface area contributed by atoms with Gasteiger partial charge in [0, 0.05) is 4.47 Å². The fraction of sp³-hybridized carbons (Fsp3) is 0.0667. The maximum Gasteiger partial charge on any atom is 0.332 e. The van der Waals surface area contributed by atoms with Crippen molar-refractivity contribution < 1.29 is 9.53 Å². The molecule has 6 heteroatoms. The van der Waals surface area contributed by atoms with E-state index >= 15 is 0 Å². The summed E-state index contributed by atoms with van der Waals surface area (Å²) in [6.45, 7) is 0.504. The van der Waals surface area contributed by atoms with Crippen molar-refractivity contribution in [3.8, 4) is 5.75 Å². The van der Waals surface area contributed by atoms with Crippen LogP contribution in [0.3, 0.4) is 0 Å². The van der Waals surface area contributed by atoms with E-state index in [0.29, 0.717) is 6.61 Å². The minimum Gasteiger partial charge on any atom is -0.489 e. The maximum atomic E-state index is 10.5. The van der Waals surface area contributed by atoms with E-state index in [4.69, 9.17) is 10.5 Å². The molecule has 0 unspecified atom stereocenters. The highest BCUT2D eigenvalue weighted by Gasteiger charge is 1.97. The molecule has 0 saturated carbocycles. The van der Waals surface area contributed by atoms with Gasteiger partial charge in [0.1, 0.15) is 12.4 Å². The number of hydrazone groups is 1. The summed E-state index contributed by atoms with van der Waals surface area (Å²) in [5.41, 5.74) is 8.96. The molecule has 0 heterocycles. The summed E-state index contributed by atoms with van der Waals surface area (Å²) in [4.78, 5) is 10.5. The number of hydrogen-bond acceptors (Lipinski definition) is 3. The largest absolute Gasteiger partial charge is 0.489 e. The SMILES string of the molecule is NC(=O)N/N=C/c1ccc(OCc2ccc(Br)cc2)cc1. The summed E-state index contributed by atoms with van der Waals surface area (Å²) in [7, 11) is 0. The summed E-state index contributed by atoms with van der Waals surface area (Å²) in [5, 5.41) is 3.68. The van der Waals surface area contributed by atoms with Crippen LogP contribution in [0.15, 0.2) is 58.1 Å². The highest BCUT2D eigenvalue weighted by molar-refractivity contribution is 9.10. The normalized spacial score (nSPS) is 10.5. The Hall–Kier alpha value is -2.34. The molecule has 2 amide bonds. The second-order valence-corrected chi connectivity index (χ2v) is 5.13. The zero-order valence-electron chi connectivity index (χ0n) is 11.1. The number of carbonyl (C=O) groups excluding carboxylic acids is 1. The second-order valence-electron chi connectivity index (χ2n) is 4.22. The lowest BCUT2D eigenvalue weighted by Crippen LogP contribution is -2.24. The predicted octanol–water partition coefficient (Wildman–Crippen LogP) is 3.03. The lowest BCUT2D eigenvalue weighted by atomic mass is 10.2. The number of rotatable bonds is 5. The van der Waals surface area contributed by atoms with Crippen LogP contribution in [-0.4, -0.2) is 12.2 Å². The summed E-state index contributed by atoms with van der Waals surface area (Å²) >= 11 is 3.39. The molecule has 3 N–H and O–H groups in total. The Balaban J connectivity index is 1.88. The van der Waals surface area contributed by atoms with Gasteiger partial charge in [-0.05, 0) is 47.5 Å². The lowest BCUT2D eigenvalue weighted by molar-refractivity contribution is 0.249. The van der Waals surface area contributed by atoms with E-state index in [1.165, 1.54) is 6.21 Å². The first kappa shape index (κ1) is 15.1. The van der Waals surface area contributed by atoms with Crippen molar-refractivity contribution in [3.05, 3.63) is 64.1 Å². The molecule has 0 spiro atoms. The molecular weight excluding hydrogens is 334 g/mol. The number of hydrogen-bond donors (Lipinski definition) is 2. The van der Waals surface area contributed by atoms with Crippen molar-refractivity contribution in [2.75, 3.05) is 0 Å². The number of halogens is 1. The summed E-state index contributed by atoms with van der Waals surface area (Å²) in [5.74, 6) is 0.762. The van der Waals surface area contributed by atoms with E-state index in [1.807, 2.05) is 48.5 Å². The summed E-state index contributed by atoms with van der Waals surface area (Å²) < 4.78 is 6.72. The number of ether oxygens (including phenoxy) is 1. The smallest absolute Gasteiger partial charge is 0.332 e. The van der Waals surface area contributed by atoms with Crippen LogP contribution in [0.25, 0.3) is 0 Å². The van der Waals surface area contributed by atoms with E-state index in [9.17, 15) is 4.79 Å². The van der Waals surface area contributed by atoms with Crippen LogP contribution in [-0.2, 0) is 6.61 Å². The number of primary amides is 1. The molecule has 21 heavy (non-hydrogen) atoms. The van der Waals surface area contributed by atoms with Gasteiger partial charge in [0.05, 0.1) is 6.21 Å². The molecule has 2 aromatic rings. The molecule has 2 rings (SSSR count). The third-order valence-corrected chi connectivity index (χ3v) is 3.12. The van der Waals surface area contributed by atoms with Gasteiger partial charge in [-0.25, -0.2) is 10.2 Å². The van der Waals surface area contributed by atoms with Crippen LogP contribution in [0.4, 0.5) is 4.79 Å². The van der Waals surface area contributed by atoms with Crippen molar-refractivity contribution in [2.24, 2.45) is 10.8 Å². The highest BCUT2D eigenvalue weighted by Crippen LogP contribution is 2.15. The van der Waals surface area contributed by atoms with E-state index in [0.717, 1.165) is 21.3 Å². The average Bonchev–Trinajstić information content (AvgIpc) is 2.48. The van der Waals surface area contributed by atoms with Gasteiger partial charge >= 0.3 is 6.03 Å². The molecule has 5 nitrogen and oxygen atoms in total. The molecule has 2 aromatic carbocycles. The monoisotopic (exact) mass is 347 g/mol. The molecule has 0 fully saturated rings. The van der Waals surface area contributed by atoms with Crippen molar-refractivity contribution in [1.29, 1.82) is 0 Å². The van der Waals surface area contributed by atoms with E-state index < -0.39 is 6.03 Å². The first-order chi connectivity index (χ1) is 10.1. The van der Waals surface area contributed by atoms with Crippen LogP contribution < -0.4 is 15.9 Å². The van der Waals surface area contributed by atoms with E-state index in [1.54, 1.807) is 0 Å². The number of carbonyl (C=O) groups is 1. The highest BCUT2D eigenvalue weighted by atomic mass is 79.9. The predicted molar refractivity (Wildman–Crippen MR) is 85.2 cm³/mol. The molecule has 0 aliphatic heterocycles. The van der Waals surface area contributed by atoms with Gasteiger partial charge in [-0.15, -0.1) is 0 Å². The van der Waals surface area contributed by atoms with Crippen LogP contribution in [0.1, 0.15) is 11.1 Å². The number of urea groups is 1. The van der Waals surface area contributed by atoms with Crippen molar-refractivity contribution in [3.63, 3.8) is 0 Å². The third kappa shape index (κ3) is 5.27. The first-order valence-electron chi connectivity index (χ1n) is 6.19. The molecule has 0 radical (unpaired) electrons. The third-order valence-electron chi connectivity index (χ3n) is 2.59. The van der Waals surface area contributed by atoms with Crippen LogP contribution in [0, 0.1) is 0 Å². The van der Waals surface area contributed by atoms with Gasteiger partial charge in [0.15, 0.2) is 0 Å². The zero-order chi connectivity index (χ0) is 15.1. The standard InChI is InChI=1S/C15H14BrN3O2/c16-13-5-1-12(2-6-13)10-21-14-7-3-11(4-8-14)9-18-19-15(17)20/h1-9H,10H2,(H3,17,19,20)/b18-9+. The van der Waals surface area contributed by atoms with Crippen LogP contribution >= 0.6 is 15.9 Å². The molecule has 0 aromatic heterocycles. The van der Waals surface area contributed by atoms with Gasteiger partial charge < -0.3 is 10.5 Å². The Kier molecular flexibility index (Phi) is 5.34. The summed E-state index contributed by atoms with van der Waals surface area (Å²) in [6, 6.07) is 14.6. The number of benzene rings is 2. The van der Waals surface area contributed by atoms with E-state index in [-0.39, 0.29) is 0 Å². The lowest BCUT2D eigenvalue weighted by Gasteiger charge is -2.06. The topological polar surface area (TPSA) is 76.7 Å². The van der Waals surface area contributed by atoms with Gasteiger partial charge in [-0.2, -0.15) is 5.10 Å². The fourth-order valence-electron chi connectivity index (χ4n) is 1.57. The van der Waals surface area contributed by atoms with Gasteiger partial charge in [-0.3, -0.25) is 0 Å². The molecule has 0 aliphatic rings. The first-order valence-corrected chi connectivity index (χ1v) is 6.98. The molecule has 0 saturated heterocycles. The summed E-state index contributed by atoms with van der Waals surface area (Å²) in [6.07, 6.45) is 1.50. The Morgan fingerprint density at radius 1 is 1.19 bits per heavy atom. The Labute approximate surface area is 130 Å². The minimum absolute atomic E-state index is 0.504. The Bertz CT molecular complexity index is 624. The quantitative estimate of drug-likeness (QED) is 0.644. The Morgan fingerprint density at radius 2 is 1.86 bits per heavy atom. The molecule has 0 bridgehead atoms. The van der Waals surface area contributed by atoms with Gasteiger partial charge in [0.2, 0.25) is 0 Å². The van der Waals surface area contributed by atoms with Crippen molar-refractivity contribution in [1.82, 2.24) is 5.43 Å². The van der Waals surface area contributed by atoms with Crippen LogP contribution in [0.5, 0.6) is 5.75 Å². The molecule has 108 valence electrons. The van der Waals surface area contributed by atoms with Gasteiger partial charge in [0.25, 0.3) is 0 Å². The number of nitrogens with zero attached hydrogens (tertiary/aromatic N) is 1. The fourth-order valence-corrected chi connectivity index (χ4v) is 1.83. The second kappa shape index (κ2) is 7.44. The Morgan fingerprint density at radius 3 is 2.48 bits per heavy atom. The van der Waals surface area contributed by atoms with Crippen LogP contribution in [0.2, 0.25) is 0 Å². The van der Waals surface area contributed by atoms with Crippen molar-refractivity contribution >= 4 is 28.2 Å². The maximum absolute atomic E-state index is 10.5.